The summed E-state index contributed by atoms with van der Waals surface area (Å²) in [5.41, 5.74) is 11.6. The lowest BCUT2D eigenvalue weighted by molar-refractivity contribution is 1.06. The lowest BCUT2D eigenvalue weighted by Gasteiger charge is -2.16. The number of hydrogen-bond donors (Lipinski definition) is 0. The van der Waals surface area contributed by atoms with Gasteiger partial charge in [0, 0.05) is 45.1 Å². The Morgan fingerprint density at radius 3 is 1.02 bits per heavy atom. The third kappa shape index (κ3) is 3.61. The second-order valence-corrected chi connectivity index (χ2v) is 11.5. The highest BCUT2D eigenvalue weighted by Gasteiger charge is 2.21. The highest BCUT2D eigenvalue weighted by Crippen LogP contribution is 2.39. The van der Waals surface area contributed by atoms with E-state index in [1.54, 1.807) is 0 Å². The Bertz CT molecular complexity index is 2070. The molecule has 0 N–H and O–H groups in total. The molecule has 4 heterocycles. The van der Waals surface area contributed by atoms with Crippen molar-refractivity contribution < 1.29 is 0 Å². The molecule has 0 unspecified atom stereocenters. The molecule has 4 aromatic heterocycles. The molecule has 0 aliphatic carbocycles. The molecule has 42 heavy (non-hydrogen) atoms. The SMILES string of the molecule is Cc1ccc2c(c1)c1cc(C)ccc1n2-c1ncccc1-c1cccnc1-n1c2ccc(C)cc2c2cc(C)ccc21. The predicted octanol–water partition coefficient (Wildman–Crippen LogP) is 9.57. The van der Waals surface area contributed by atoms with Crippen LogP contribution in [-0.4, -0.2) is 19.1 Å². The Kier molecular flexibility index (Phi) is 5.35. The van der Waals surface area contributed by atoms with Gasteiger partial charge in [-0.05, 0) is 100 Å². The van der Waals surface area contributed by atoms with Crippen molar-refractivity contribution >= 4 is 43.6 Å². The first-order chi connectivity index (χ1) is 20.5. The minimum Gasteiger partial charge on any atom is -0.293 e. The lowest BCUT2D eigenvalue weighted by atomic mass is 10.1. The van der Waals surface area contributed by atoms with Gasteiger partial charge in [0.05, 0.1) is 22.1 Å². The summed E-state index contributed by atoms with van der Waals surface area (Å²) in [5.74, 6) is 1.79. The minimum atomic E-state index is 0.895. The number of fused-ring (bicyclic) bond motifs is 6. The standard InChI is InChI=1S/C38H30N4/c1-23-9-13-33-29(19-23)30-20-24(2)10-14-34(30)41(33)37-27(7-5-17-39-37)28-8-6-18-40-38(28)42-35-15-11-25(3)21-31(35)32-22-26(4)12-16-36(32)42/h5-22H,1-4H3. The highest BCUT2D eigenvalue weighted by molar-refractivity contribution is 6.11. The predicted molar refractivity (Wildman–Crippen MR) is 175 cm³/mol. The number of pyridine rings is 2. The van der Waals surface area contributed by atoms with Gasteiger partial charge in [-0.2, -0.15) is 0 Å². The molecule has 4 nitrogen and oxygen atoms in total. The number of rotatable bonds is 3. The molecular weight excluding hydrogens is 512 g/mol. The summed E-state index contributed by atoms with van der Waals surface area (Å²) in [6, 6.07) is 35.2. The zero-order valence-corrected chi connectivity index (χ0v) is 24.2. The molecule has 0 atom stereocenters. The van der Waals surface area contributed by atoms with Gasteiger partial charge in [0.25, 0.3) is 0 Å². The third-order valence-corrected chi connectivity index (χ3v) is 8.44. The summed E-state index contributed by atoms with van der Waals surface area (Å²) in [5, 5.41) is 4.96. The molecule has 0 saturated carbocycles. The maximum atomic E-state index is 5.04. The Hall–Kier alpha value is -5.22. The molecule has 4 heteroatoms. The van der Waals surface area contributed by atoms with E-state index in [-0.39, 0.29) is 0 Å². The van der Waals surface area contributed by atoms with Crippen LogP contribution >= 0.6 is 0 Å². The van der Waals surface area contributed by atoms with E-state index < -0.39 is 0 Å². The maximum Gasteiger partial charge on any atom is 0.145 e. The largest absolute Gasteiger partial charge is 0.293 e. The summed E-state index contributed by atoms with van der Waals surface area (Å²) < 4.78 is 4.63. The Morgan fingerprint density at radius 1 is 0.405 bits per heavy atom. The quantitative estimate of drug-likeness (QED) is 0.223. The van der Waals surface area contributed by atoms with E-state index in [2.05, 4.69) is 122 Å². The second-order valence-electron chi connectivity index (χ2n) is 11.5. The monoisotopic (exact) mass is 542 g/mol. The fourth-order valence-corrected chi connectivity index (χ4v) is 6.53. The van der Waals surface area contributed by atoms with E-state index in [0.29, 0.717) is 0 Å². The van der Waals surface area contributed by atoms with Crippen molar-refractivity contribution in [3.05, 3.63) is 132 Å². The van der Waals surface area contributed by atoms with E-state index in [0.717, 1.165) is 44.8 Å². The van der Waals surface area contributed by atoms with Crippen LogP contribution in [0.2, 0.25) is 0 Å². The van der Waals surface area contributed by atoms with Gasteiger partial charge in [0.15, 0.2) is 0 Å². The number of nitrogens with zero attached hydrogens (tertiary/aromatic N) is 4. The van der Waals surface area contributed by atoms with Gasteiger partial charge in [0.2, 0.25) is 0 Å². The van der Waals surface area contributed by atoms with Crippen LogP contribution in [0.3, 0.4) is 0 Å². The molecular formula is C38H30N4. The topological polar surface area (TPSA) is 35.6 Å². The van der Waals surface area contributed by atoms with Gasteiger partial charge in [-0.1, -0.05) is 46.5 Å². The van der Waals surface area contributed by atoms with Crippen LogP contribution in [-0.2, 0) is 0 Å². The van der Waals surface area contributed by atoms with Crippen molar-refractivity contribution in [3.63, 3.8) is 0 Å². The molecule has 0 aliphatic heterocycles. The Morgan fingerprint density at radius 2 is 0.714 bits per heavy atom. The molecule has 0 radical (unpaired) electrons. The molecule has 0 bridgehead atoms. The zero-order chi connectivity index (χ0) is 28.5. The minimum absolute atomic E-state index is 0.895. The summed E-state index contributed by atoms with van der Waals surface area (Å²) in [4.78, 5) is 10.1. The fourth-order valence-electron chi connectivity index (χ4n) is 6.53. The van der Waals surface area contributed by atoms with Crippen LogP contribution < -0.4 is 0 Å². The normalized spacial score (nSPS) is 11.8. The molecule has 0 aliphatic rings. The van der Waals surface area contributed by atoms with Crippen molar-refractivity contribution in [2.75, 3.05) is 0 Å². The second kappa shape index (κ2) is 9.15. The van der Waals surface area contributed by atoms with E-state index in [4.69, 9.17) is 9.97 Å². The van der Waals surface area contributed by atoms with Gasteiger partial charge < -0.3 is 0 Å². The van der Waals surface area contributed by atoms with Crippen molar-refractivity contribution in [2.24, 2.45) is 0 Å². The first-order valence-electron chi connectivity index (χ1n) is 14.4. The molecule has 4 aromatic carbocycles. The average molecular weight is 543 g/mol. The van der Waals surface area contributed by atoms with E-state index >= 15 is 0 Å². The molecule has 202 valence electrons. The smallest absolute Gasteiger partial charge is 0.145 e. The van der Waals surface area contributed by atoms with Gasteiger partial charge in [-0.3, -0.25) is 9.13 Å². The maximum absolute atomic E-state index is 5.04. The third-order valence-electron chi connectivity index (χ3n) is 8.44. The van der Waals surface area contributed by atoms with E-state index in [9.17, 15) is 0 Å². The van der Waals surface area contributed by atoms with Gasteiger partial charge >= 0.3 is 0 Å². The number of aryl methyl sites for hydroxylation is 4. The van der Waals surface area contributed by atoms with Gasteiger partial charge in [-0.25, -0.2) is 9.97 Å². The van der Waals surface area contributed by atoms with Gasteiger partial charge in [-0.15, -0.1) is 0 Å². The van der Waals surface area contributed by atoms with Crippen molar-refractivity contribution in [1.29, 1.82) is 0 Å². The van der Waals surface area contributed by atoms with Crippen LogP contribution in [0.1, 0.15) is 22.3 Å². The zero-order valence-electron chi connectivity index (χ0n) is 24.2. The first-order valence-corrected chi connectivity index (χ1v) is 14.4. The summed E-state index contributed by atoms with van der Waals surface area (Å²) >= 11 is 0. The average Bonchev–Trinajstić information content (AvgIpc) is 3.48. The number of benzene rings is 4. The van der Waals surface area contributed by atoms with Crippen LogP contribution in [0.25, 0.3) is 66.4 Å². The Balaban J connectivity index is 1.46. The molecule has 0 spiro atoms. The molecule has 0 fully saturated rings. The highest BCUT2D eigenvalue weighted by atomic mass is 15.1. The lowest BCUT2D eigenvalue weighted by Crippen LogP contribution is -2.04. The molecule has 0 saturated heterocycles. The van der Waals surface area contributed by atoms with Crippen LogP contribution in [0.4, 0.5) is 0 Å². The molecule has 8 aromatic rings. The first kappa shape index (κ1) is 24.6. The summed E-state index contributed by atoms with van der Waals surface area (Å²) in [6.45, 7) is 8.62. The van der Waals surface area contributed by atoms with E-state index in [1.165, 1.54) is 43.8 Å². The van der Waals surface area contributed by atoms with Crippen molar-refractivity contribution in [2.45, 2.75) is 27.7 Å². The van der Waals surface area contributed by atoms with Crippen molar-refractivity contribution in [1.82, 2.24) is 19.1 Å². The number of aromatic nitrogens is 4. The van der Waals surface area contributed by atoms with Crippen LogP contribution in [0.15, 0.2) is 109 Å². The molecule has 0 amide bonds. The fraction of sp³-hybridized carbons (Fsp3) is 0.105. The van der Waals surface area contributed by atoms with Crippen molar-refractivity contribution in [3.8, 4) is 22.8 Å². The molecule has 8 rings (SSSR count). The van der Waals surface area contributed by atoms with Crippen LogP contribution in [0.5, 0.6) is 0 Å². The van der Waals surface area contributed by atoms with Gasteiger partial charge in [0.1, 0.15) is 11.6 Å². The van der Waals surface area contributed by atoms with Crippen LogP contribution in [0, 0.1) is 27.7 Å². The Labute approximate surface area is 244 Å². The summed E-state index contributed by atoms with van der Waals surface area (Å²) in [6.07, 6.45) is 3.78. The number of hydrogen-bond acceptors (Lipinski definition) is 2. The summed E-state index contributed by atoms with van der Waals surface area (Å²) in [7, 11) is 0. The van der Waals surface area contributed by atoms with E-state index in [1.807, 2.05) is 24.5 Å².